The molecule has 0 aliphatic carbocycles. The lowest BCUT2D eigenvalue weighted by atomic mass is 10.1. The minimum atomic E-state index is -0.847. The normalized spacial score (nSPS) is 11.7. The van der Waals surface area contributed by atoms with Crippen molar-refractivity contribution >= 4 is 29.1 Å². The van der Waals surface area contributed by atoms with Gasteiger partial charge in [-0.25, -0.2) is 4.79 Å². The Kier molecular flexibility index (Phi) is 9.62. The summed E-state index contributed by atoms with van der Waals surface area (Å²) in [7, 11) is 4.59. The van der Waals surface area contributed by atoms with Crippen LogP contribution in [-0.4, -0.2) is 50.6 Å². The van der Waals surface area contributed by atoms with E-state index in [0.717, 1.165) is 0 Å². The molecule has 4 N–H and O–H groups in total. The highest BCUT2D eigenvalue weighted by molar-refractivity contribution is 6.06. The highest BCUT2D eigenvalue weighted by Gasteiger charge is 2.18. The van der Waals surface area contributed by atoms with Crippen molar-refractivity contribution in [3.05, 3.63) is 71.8 Å². The van der Waals surface area contributed by atoms with E-state index in [1.807, 2.05) is 0 Å². The van der Waals surface area contributed by atoms with Crippen molar-refractivity contribution < 1.29 is 33.6 Å². The van der Waals surface area contributed by atoms with Gasteiger partial charge in [-0.1, -0.05) is 24.3 Å². The second-order valence-electron chi connectivity index (χ2n) is 9.56. The zero-order chi connectivity index (χ0) is 28.6. The summed E-state index contributed by atoms with van der Waals surface area (Å²) >= 11 is 0. The first-order valence-corrected chi connectivity index (χ1v) is 12.3. The number of rotatable bonds is 10. The fourth-order valence-electron chi connectivity index (χ4n) is 3.68. The third-order valence-corrected chi connectivity index (χ3v) is 5.53. The van der Waals surface area contributed by atoms with Crippen LogP contribution in [0.1, 0.15) is 42.8 Å². The molecule has 1 unspecified atom stereocenters. The first-order chi connectivity index (χ1) is 18.5. The summed E-state index contributed by atoms with van der Waals surface area (Å²) in [5.41, 5.74) is 1.86. The lowest BCUT2D eigenvalue weighted by Crippen LogP contribution is -2.27. The molecule has 3 aromatic carbocycles. The molecule has 10 heteroatoms. The van der Waals surface area contributed by atoms with Gasteiger partial charge < -0.3 is 34.7 Å². The maximum atomic E-state index is 12.9. The summed E-state index contributed by atoms with van der Waals surface area (Å²) in [5, 5.41) is 19.3. The molecule has 0 saturated heterocycles. The van der Waals surface area contributed by atoms with Gasteiger partial charge >= 0.3 is 6.09 Å². The van der Waals surface area contributed by atoms with Gasteiger partial charge in [-0.2, -0.15) is 0 Å². The Morgan fingerprint density at radius 3 is 1.92 bits per heavy atom. The summed E-state index contributed by atoms with van der Waals surface area (Å²) in [5.74, 6) is 1.09. The SMILES string of the molecule is COc1cc(NCC(O)c2ccc(C(=O)Nc3ccccc3NC(=O)OC(C)(C)C)cc2)cc(OC)c1OC. The molecule has 0 aromatic heterocycles. The number of aliphatic hydroxyl groups is 1. The van der Waals surface area contributed by atoms with Gasteiger partial charge in [0.25, 0.3) is 5.91 Å². The first-order valence-electron chi connectivity index (χ1n) is 12.3. The Balaban J connectivity index is 1.64. The van der Waals surface area contributed by atoms with Crippen LogP contribution in [0.3, 0.4) is 0 Å². The number of nitrogens with one attached hydrogen (secondary N) is 3. The number of amides is 2. The number of anilines is 3. The Morgan fingerprint density at radius 1 is 0.846 bits per heavy atom. The predicted molar refractivity (Wildman–Crippen MR) is 150 cm³/mol. The van der Waals surface area contributed by atoms with Gasteiger partial charge in [0.2, 0.25) is 5.75 Å². The summed E-state index contributed by atoms with van der Waals surface area (Å²) in [6.45, 7) is 5.51. The van der Waals surface area contributed by atoms with E-state index in [9.17, 15) is 14.7 Å². The largest absolute Gasteiger partial charge is 0.493 e. The van der Waals surface area contributed by atoms with Crippen molar-refractivity contribution in [1.29, 1.82) is 0 Å². The van der Waals surface area contributed by atoms with Crippen molar-refractivity contribution in [2.75, 3.05) is 43.8 Å². The number of carbonyl (C=O) groups is 2. The highest BCUT2D eigenvalue weighted by atomic mass is 16.6. The minimum Gasteiger partial charge on any atom is -0.493 e. The van der Waals surface area contributed by atoms with E-state index in [-0.39, 0.29) is 12.5 Å². The quantitative estimate of drug-likeness (QED) is 0.269. The van der Waals surface area contributed by atoms with Gasteiger partial charge in [0.15, 0.2) is 11.5 Å². The molecule has 0 heterocycles. The van der Waals surface area contributed by atoms with Gasteiger partial charge in [-0.15, -0.1) is 0 Å². The molecule has 3 aromatic rings. The van der Waals surface area contributed by atoms with Crippen molar-refractivity contribution in [2.45, 2.75) is 32.5 Å². The number of carbonyl (C=O) groups excluding carboxylic acids is 2. The molecular formula is C29H35N3O7. The first kappa shape index (κ1) is 29.1. The molecule has 0 radical (unpaired) electrons. The van der Waals surface area contributed by atoms with Crippen LogP contribution >= 0.6 is 0 Å². The maximum Gasteiger partial charge on any atom is 0.412 e. The lowest BCUT2D eigenvalue weighted by molar-refractivity contribution is 0.0635. The van der Waals surface area contributed by atoms with Gasteiger partial charge in [0, 0.05) is 29.9 Å². The summed E-state index contributed by atoms with van der Waals surface area (Å²) in [4.78, 5) is 25.1. The van der Waals surface area contributed by atoms with Crippen LogP contribution in [0.4, 0.5) is 21.9 Å². The number of ether oxygens (including phenoxy) is 4. The molecule has 0 aliphatic heterocycles. The standard InChI is InChI=1S/C29H35N3O7/c1-29(2,3)39-28(35)32-22-10-8-7-9-21(22)31-27(34)19-13-11-18(12-14-19)23(33)17-30-20-15-24(36-4)26(38-6)25(16-20)37-5/h7-16,23,30,33H,17H2,1-6H3,(H,31,34)(H,32,35). The molecular weight excluding hydrogens is 502 g/mol. The molecule has 0 spiro atoms. The predicted octanol–water partition coefficient (Wildman–Crippen LogP) is 5.46. The van der Waals surface area contributed by atoms with E-state index in [4.69, 9.17) is 18.9 Å². The van der Waals surface area contributed by atoms with Gasteiger partial charge in [0.05, 0.1) is 38.8 Å². The Bertz CT molecular complexity index is 1260. The zero-order valence-corrected chi connectivity index (χ0v) is 23.0. The topological polar surface area (TPSA) is 127 Å². The second kappa shape index (κ2) is 12.9. The molecule has 10 nitrogen and oxygen atoms in total. The summed E-state index contributed by atoms with van der Waals surface area (Å²) < 4.78 is 21.4. The molecule has 0 saturated carbocycles. The Morgan fingerprint density at radius 2 is 1.41 bits per heavy atom. The number of para-hydroxylation sites is 2. The van der Waals surface area contributed by atoms with Crippen molar-refractivity contribution in [1.82, 2.24) is 0 Å². The van der Waals surface area contributed by atoms with E-state index in [2.05, 4.69) is 16.0 Å². The number of aliphatic hydroxyl groups excluding tert-OH is 1. The van der Waals surface area contributed by atoms with Gasteiger partial charge in [-0.05, 0) is 50.6 Å². The third-order valence-electron chi connectivity index (χ3n) is 5.53. The monoisotopic (exact) mass is 537 g/mol. The molecule has 0 aliphatic rings. The second-order valence-corrected chi connectivity index (χ2v) is 9.56. The van der Waals surface area contributed by atoms with E-state index in [0.29, 0.717) is 45.4 Å². The van der Waals surface area contributed by atoms with Crippen LogP contribution in [0.5, 0.6) is 17.2 Å². The molecule has 208 valence electrons. The van der Waals surface area contributed by atoms with Crippen LogP contribution in [0.25, 0.3) is 0 Å². The van der Waals surface area contributed by atoms with Crippen molar-refractivity contribution in [2.24, 2.45) is 0 Å². The average Bonchev–Trinajstić information content (AvgIpc) is 2.91. The Hall–Kier alpha value is -4.44. The third kappa shape index (κ3) is 8.02. The fourth-order valence-corrected chi connectivity index (χ4v) is 3.68. The molecule has 3 rings (SSSR count). The summed E-state index contributed by atoms with van der Waals surface area (Å²) in [6.07, 6.45) is -1.47. The highest BCUT2D eigenvalue weighted by Crippen LogP contribution is 2.40. The molecule has 1 atom stereocenters. The number of hydrogen-bond donors (Lipinski definition) is 4. The summed E-state index contributed by atoms with van der Waals surface area (Å²) in [6, 6.07) is 16.9. The van der Waals surface area contributed by atoms with Crippen LogP contribution in [0.15, 0.2) is 60.7 Å². The Labute approximate surface area is 228 Å². The minimum absolute atomic E-state index is 0.202. The van der Waals surface area contributed by atoms with E-state index >= 15 is 0 Å². The van der Waals surface area contributed by atoms with Crippen LogP contribution in [-0.2, 0) is 4.74 Å². The van der Waals surface area contributed by atoms with Gasteiger partial charge in [-0.3, -0.25) is 10.1 Å². The van der Waals surface area contributed by atoms with E-state index in [1.165, 1.54) is 21.3 Å². The van der Waals surface area contributed by atoms with Crippen LogP contribution in [0.2, 0.25) is 0 Å². The average molecular weight is 538 g/mol. The van der Waals surface area contributed by atoms with Gasteiger partial charge in [0.1, 0.15) is 5.60 Å². The van der Waals surface area contributed by atoms with E-state index < -0.39 is 17.8 Å². The zero-order valence-electron chi connectivity index (χ0n) is 23.0. The van der Waals surface area contributed by atoms with Crippen molar-refractivity contribution in [3.8, 4) is 17.2 Å². The maximum absolute atomic E-state index is 12.9. The molecule has 2 amide bonds. The molecule has 0 fully saturated rings. The van der Waals surface area contributed by atoms with Crippen LogP contribution in [0, 0.1) is 0 Å². The van der Waals surface area contributed by atoms with Crippen molar-refractivity contribution in [3.63, 3.8) is 0 Å². The number of methoxy groups -OCH3 is 3. The molecule has 0 bridgehead atoms. The number of benzene rings is 3. The lowest BCUT2D eigenvalue weighted by Gasteiger charge is -2.20. The van der Waals surface area contributed by atoms with Crippen LogP contribution < -0.4 is 30.2 Å². The smallest absolute Gasteiger partial charge is 0.412 e. The number of hydrogen-bond acceptors (Lipinski definition) is 8. The fraction of sp³-hybridized carbons (Fsp3) is 0.310. The van der Waals surface area contributed by atoms with E-state index in [1.54, 1.807) is 81.4 Å². The molecule has 39 heavy (non-hydrogen) atoms.